The molecule has 0 spiro atoms. The van der Waals surface area contributed by atoms with Crippen LogP contribution in [0.2, 0.25) is 5.02 Å². The average Bonchev–Trinajstić information content (AvgIpc) is 2.92. The number of hydrogen-bond donors (Lipinski definition) is 1. The maximum Gasteiger partial charge on any atom is 0.342 e. The summed E-state index contributed by atoms with van der Waals surface area (Å²) in [7, 11) is -3.69. The lowest BCUT2D eigenvalue weighted by Gasteiger charge is -2.32. The minimum Gasteiger partial charge on any atom is -0.464 e. The first-order valence-electron chi connectivity index (χ1n) is 12.0. The lowest BCUT2D eigenvalue weighted by Crippen LogP contribution is -2.53. The Hall–Kier alpha value is -2.91. The van der Waals surface area contributed by atoms with E-state index < -0.39 is 45.0 Å². The Morgan fingerprint density at radius 2 is 1.50 bits per heavy atom. The normalized spacial score (nSPS) is 13.8. The van der Waals surface area contributed by atoms with E-state index in [0.29, 0.717) is 5.02 Å². The van der Waals surface area contributed by atoms with Gasteiger partial charge in [-0.25, -0.2) is 13.2 Å². The molecule has 0 radical (unpaired) electrons. The molecule has 0 unspecified atom stereocenters. The molecule has 10 heteroatoms. The van der Waals surface area contributed by atoms with Gasteiger partial charge in [0.05, 0.1) is 23.8 Å². The molecule has 0 saturated heterocycles. The van der Waals surface area contributed by atoms with Crippen molar-refractivity contribution in [3.05, 3.63) is 89.4 Å². The van der Waals surface area contributed by atoms with Crippen molar-refractivity contribution in [3.8, 4) is 11.1 Å². The summed E-state index contributed by atoms with van der Waals surface area (Å²) in [5.41, 5.74) is 2.51. The van der Waals surface area contributed by atoms with E-state index in [1.54, 1.807) is 38.1 Å². The third kappa shape index (κ3) is 7.57. The monoisotopic (exact) mass is 577 g/mol. The van der Waals surface area contributed by atoms with Crippen molar-refractivity contribution in [2.45, 2.75) is 29.7 Å². The molecule has 0 aliphatic rings. The van der Waals surface area contributed by atoms with Crippen LogP contribution in [0.15, 0.2) is 83.8 Å². The summed E-state index contributed by atoms with van der Waals surface area (Å²) in [6.45, 7) is 2.73. The fourth-order valence-corrected chi connectivity index (χ4v) is 5.20. The minimum atomic E-state index is -3.69. The first-order chi connectivity index (χ1) is 18.1. The van der Waals surface area contributed by atoms with Crippen LogP contribution in [0.4, 0.5) is 0 Å². The van der Waals surface area contributed by atoms with E-state index in [2.05, 4.69) is 5.32 Å². The highest BCUT2D eigenvalue weighted by molar-refractivity contribution is 7.91. The SMILES string of the molecule is CCOC(=O)[C@](Cl)(NCC(=O)OCCS(=O)(=O)c1ccc(-c2ccc(Cl)cc2)cc1)[C@H](C)c1ccccc1. The zero-order valence-electron chi connectivity index (χ0n) is 21.0. The van der Waals surface area contributed by atoms with Crippen LogP contribution in [0, 0.1) is 0 Å². The molecule has 38 heavy (non-hydrogen) atoms. The molecule has 3 aromatic carbocycles. The number of halogens is 2. The maximum absolute atomic E-state index is 12.7. The fourth-order valence-electron chi connectivity index (χ4n) is 3.74. The maximum atomic E-state index is 12.7. The lowest BCUT2D eigenvalue weighted by molar-refractivity contribution is -0.149. The van der Waals surface area contributed by atoms with Gasteiger partial charge in [-0.15, -0.1) is 0 Å². The number of rotatable bonds is 12. The molecule has 0 aliphatic heterocycles. The van der Waals surface area contributed by atoms with Crippen LogP contribution >= 0.6 is 23.2 Å². The Bertz CT molecular complexity index is 1330. The molecule has 3 rings (SSSR count). The van der Waals surface area contributed by atoms with Crippen molar-refractivity contribution >= 4 is 45.0 Å². The van der Waals surface area contributed by atoms with Crippen LogP contribution in [0.5, 0.6) is 0 Å². The zero-order valence-corrected chi connectivity index (χ0v) is 23.4. The number of ether oxygens (including phenoxy) is 2. The van der Waals surface area contributed by atoms with Gasteiger partial charge >= 0.3 is 11.9 Å². The van der Waals surface area contributed by atoms with Crippen molar-refractivity contribution < 1.29 is 27.5 Å². The summed E-state index contributed by atoms with van der Waals surface area (Å²) in [6, 6.07) is 22.7. The smallest absolute Gasteiger partial charge is 0.342 e. The molecule has 1 N–H and O–H groups in total. The van der Waals surface area contributed by atoms with Crippen molar-refractivity contribution in [3.63, 3.8) is 0 Å². The number of carbonyl (C=O) groups is 2. The molecule has 7 nitrogen and oxygen atoms in total. The minimum absolute atomic E-state index is 0.111. The quantitative estimate of drug-likeness (QED) is 0.179. The van der Waals surface area contributed by atoms with Crippen LogP contribution in [0.25, 0.3) is 11.1 Å². The van der Waals surface area contributed by atoms with Gasteiger partial charge in [0.15, 0.2) is 14.8 Å². The molecule has 2 atom stereocenters. The molecule has 0 bridgehead atoms. The standard InChI is InChI=1S/C28H29Cl2NO6S/c1-3-36-27(33)28(30,20(2)21-7-5-4-6-8-21)31-19-26(32)37-17-18-38(34,35)25-15-11-23(12-16-25)22-9-13-24(29)14-10-22/h4-16,20,31H,3,17-19H2,1-2H3/t20-,28-/m1/s1. The van der Waals surface area contributed by atoms with Gasteiger partial charge in [0.2, 0.25) is 0 Å². The molecule has 0 aromatic heterocycles. The topological polar surface area (TPSA) is 98.8 Å². The molecule has 202 valence electrons. The second-order valence-electron chi connectivity index (χ2n) is 8.49. The fraction of sp³-hybridized carbons (Fsp3) is 0.286. The molecular weight excluding hydrogens is 549 g/mol. The summed E-state index contributed by atoms with van der Waals surface area (Å²) in [6.07, 6.45) is 0. The van der Waals surface area contributed by atoms with Crippen molar-refractivity contribution in [2.75, 3.05) is 25.5 Å². The second kappa shape index (κ2) is 13.2. The summed E-state index contributed by atoms with van der Waals surface area (Å²) in [5.74, 6) is -2.43. The van der Waals surface area contributed by atoms with Crippen LogP contribution < -0.4 is 5.32 Å². The van der Waals surface area contributed by atoms with E-state index in [1.807, 2.05) is 42.5 Å². The van der Waals surface area contributed by atoms with Gasteiger partial charge in [-0.2, -0.15) is 0 Å². The number of benzene rings is 3. The highest BCUT2D eigenvalue weighted by Crippen LogP contribution is 2.33. The number of hydrogen-bond acceptors (Lipinski definition) is 7. The Morgan fingerprint density at radius 1 is 0.921 bits per heavy atom. The molecule has 0 amide bonds. The van der Waals surface area contributed by atoms with E-state index in [0.717, 1.165) is 16.7 Å². The number of alkyl halides is 1. The van der Waals surface area contributed by atoms with Gasteiger partial charge in [0.25, 0.3) is 0 Å². The zero-order chi connectivity index (χ0) is 27.8. The van der Waals surface area contributed by atoms with Crippen LogP contribution in [-0.4, -0.2) is 50.9 Å². The average molecular weight is 579 g/mol. The Labute approximate surface area is 233 Å². The first-order valence-corrected chi connectivity index (χ1v) is 14.4. The van der Waals surface area contributed by atoms with Gasteiger partial charge in [-0.3, -0.25) is 10.1 Å². The summed E-state index contributed by atoms with van der Waals surface area (Å²) >= 11 is 12.6. The van der Waals surface area contributed by atoms with Gasteiger partial charge in [0, 0.05) is 10.9 Å². The summed E-state index contributed by atoms with van der Waals surface area (Å²) in [5, 5.41) is 3.35. The third-order valence-corrected chi connectivity index (χ3v) is 8.53. The predicted octanol–water partition coefficient (Wildman–Crippen LogP) is 5.22. The molecule has 0 heterocycles. The Kier molecular flexibility index (Phi) is 10.3. The molecule has 0 fully saturated rings. The number of esters is 2. The molecular formula is C28H29Cl2NO6S. The highest BCUT2D eigenvalue weighted by Gasteiger charge is 2.44. The summed E-state index contributed by atoms with van der Waals surface area (Å²) < 4.78 is 35.7. The van der Waals surface area contributed by atoms with Crippen molar-refractivity contribution in [2.24, 2.45) is 0 Å². The first kappa shape index (κ1) is 29.6. The summed E-state index contributed by atoms with van der Waals surface area (Å²) in [4.78, 5) is 23.4. The Balaban J connectivity index is 1.57. The Morgan fingerprint density at radius 3 is 2.08 bits per heavy atom. The molecule has 0 saturated carbocycles. The van der Waals surface area contributed by atoms with Gasteiger partial charge < -0.3 is 9.47 Å². The van der Waals surface area contributed by atoms with E-state index in [4.69, 9.17) is 32.7 Å². The number of carbonyl (C=O) groups excluding carboxylic acids is 2. The van der Waals surface area contributed by atoms with Crippen LogP contribution in [-0.2, 0) is 28.9 Å². The predicted molar refractivity (Wildman–Crippen MR) is 148 cm³/mol. The van der Waals surface area contributed by atoms with Crippen molar-refractivity contribution in [1.82, 2.24) is 5.32 Å². The van der Waals surface area contributed by atoms with Gasteiger partial charge in [-0.1, -0.05) is 84.7 Å². The van der Waals surface area contributed by atoms with Crippen molar-refractivity contribution in [1.29, 1.82) is 0 Å². The molecule has 0 aliphatic carbocycles. The number of sulfone groups is 1. The highest BCUT2D eigenvalue weighted by atomic mass is 35.5. The van der Waals surface area contributed by atoms with Gasteiger partial charge in [-0.05, 0) is 47.9 Å². The van der Waals surface area contributed by atoms with E-state index in [1.165, 1.54) is 12.1 Å². The van der Waals surface area contributed by atoms with Crippen LogP contribution in [0.3, 0.4) is 0 Å². The van der Waals surface area contributed by atoms with Gasteiger partial charge in [0.1, 0.15) is 6.61 Å². The molecule has 3 aromatic rings. The lowest BCUT2D eigenvalue weighted by atomic mass is 9.92. The van der Waals surface area contributed by atoms with E-state index in [9.17, 15) is 18.0 Å². The van der Waals surface area contributed by atoms with E-state index in [-0.39, 0.29) is 18.1 Å². The number of nitrogens with one attached hydrogen (secondary N) is 1. The largest absolute Gasteiger partial charge is 0.464 e. The van der Waals surface area contributed by atoms with E-state index >= 15 is 0 Å². The van der Waals surface area contributed by atoms with Crippen LogP contribution in [0.1, 0.15) is 25.3 Å². The second-order valence-corrected chi connectivity index (χ2v) is 11.6. The third-order valence-electron chi connectivity index (χ3n) is 5.96.